The van der Waals surface area contributed by atoms with Gasteiger partial charge in [-0.1, -0.05) is 18.2 Å². The molecule has 2 aromatic rings. The Bertz CT molecular complexity index is 663. The number of aromatic nitrogens is 2. The van der Waals surface area contributed by atoms with Crippen molar-refractivity contribution >= 4 is 0 Å². The van der Waals surface area contributed by atoms with E-state index in [2.05, 4.69) is 23.5 Å². The van der Waals surface area contributed by atoms with Gasteiger partial charge in [0, 0.05) is 18.9 Å². The SMILES string of the molecule is Cc1cn(C)c(=O)n1-c1ccccc1C1CCNCC1. The highest BCUT2D eigenvalue weighted by Crippen LogP contribution is 2.30. The van der Waals surface area contributed by atoms with Gasteiger partial charge in [-0.3, -0.25) is 4.57 Å². The molecule has 1 fully saturated rings. The summed E-state index contributed by atoms with van der Waals surface area (Å²) < 4.78 is 3.48. The van der Waals surface area contributed by atoms with Crippen molar-refractivity contribution in [2.75, 3.05) is 13.1 Å². The van der Waals surface area contributed by atoms with Gasteiger partial charge in [0.05, 0.1) is 5.69 Å². The molecule has 3 rings (SSSR count). The van der Waals surface area contributed by atoms with E-state index in [1.54, 1.807) is 11.6 Å². The Balaban J connectivity index is 2.12. The van der Waals surface area contributed by atoms with Crippen molar-refractivity contribution < 1.29 is 0 Å². The second-order valence-corrected chi connectivity index (χ2v) is 5.58. The molecule has 0 spiro atoms. The maximum absolute atomic E-state index is 12.3. The molecule has 0 bridgehead atoms. The molecule has 0 amide bonds. The number of nitrogens with one attached hydrogen (secondary N) is 1. The summed E-state index contributed by atoms with van der Waals surface area (Å²) in [5.41, 5.74) is 3.36. The summed E-state index contributed by atoms with van der Waals surface area (Å²) in [5.74, 6) is 0.541. The zero-order valence-corrected chi connectivity index (χ0v) is 12.1. The first-order chi connectivity index (χ1) is 9.68. The fourth-order valence-electron chi connectivity index (χ4n) is 3.16. The van der Waals surface area contributed by atoms with Crippen molar-refractivity contribution in [3.63, 3.8) is 0 Å². The molecule has 0 atom stereocenters. The van der Waals surface area contributed by atoms with Gasteiger partial charge >= 0.3 is 5.69 Å². The van der Waals surface area contributed by atoms with E-state index in [9.17, 15) is 4.79 Å². The fraction of sp³-hybridized carbons (Fsp3) is 0.438. The van der Waals surface area contributed by atoms with Crippen LogP contribution in [0.1, 0.15) is 30.0 Å². The Hall–Kier alpha value is -1.81. The third-order valence-corrected chi connectivity index (χ3v) is 4.18. The van der Waals surface area contributed by atoms with Gasteiger partial charge in [-0.2, -0.15) is 0 Å². The van der Waals surface area contributed by atoms with Crippen molar-refractivity contribution in [3.05, 3.63) is 52.2 Å². The lowest BCUT2D eigenvalue weighted by Gasteiger charge is -2.25. The second kappa shape index (κ2) is 5.29. The van der Waals surface area contributed by atoms with Gasteiger partial charge in [0.25, 0.3) is 0 Å². The van der Waals surface area contributed by atoms with Crippen molar-refractivity contribution in [2.45, 2.75) is 25.7 Å². The lowest BCUT2D eigenvalue weighted by Crippen LogP contribution is -2.28. The molecular formula is C16H21N3O. The van der Waals surface area contributed by atoms with Crippen LogP contribution in [-0.4, -0.2) is 22.2 Å². The first kappa shape index (κ1) is 13.2. The highest BCUT2D eigenvalue weighted by Gasteiger charge is 2.20. The molecule has 106 valence electrons. The van der Waals surface area contributed by atoms with Gasteiger partial charge < -0.3 is 9.88 Å². The maximum Gasteiger partial charge on any atom is 0.332 e. The molecule has 0 aliphatic carbocycles. The third kappa shape index (κ3) is 2.20. The van der Waals surface area contributed by atoms with Crippen molar-refractivity contribution in [3.8, 4) is 5.69 Å². The largest absolute Gasteiger partial charge is 0.332 e. The van der Waals surface area contributed by atoms with Crippen LogP contribution in [-0.2, 0) is 7.05 Å². The quantitative estimate of drug-likeness (QED) is 0.907. The van der Waals surface area contributed by atoms with Gasteiger partial charge in [0.1, 0.15) is 0 Å². The monoisotopic (exact) mass is 271 g/mol. The van der Waals surface area contributed by atoms with Crippen LogP contribution in [0.4, 0.5) is 0 Å². The fourth-order valence-corrected chi connectivity index (χ4v) is 3.16. The number of imidazole rings is 1. The number of benzene rings is 1. The van der Waals surface area contributed by atoms with E-state index in [0.29, 0.717) is 5.92 Å². The molecule has 1 aliphatic rings. The molecule has 1 saturated heterocycles. The predicted octanol–water partition coefficient (Wildman–Crippen LogP) is 1.95. The van der Waals surface area contributed by atoms with Crippen LogP contribution in [0.2, 0.25) is 0 Å². The third-order valence-electron chi connectivity index (χ3n) is 4.18. The molecule has 0 saturated carbocycles. The molecule has 0 unspecified atom stereocenters. The average Bonchev–Trinajstić information content (AvgIpc) is 2.73. The van der Waals surface area contributed by atoms with Gasteiger partial charge in [-0.25, -0.2) is 4.79 Å². The van der Waals surface area contributed by atoms with E-state index in [-0.39, 0.29) is 5.69 Å². The van der Waals surface area contributed by atoms with E-state index in [0.717, 1.165) is 37.3 Å². The van der Waals surface area contributed by atoms with Gasteiger partial charge in [-0.05, 0) is 50.4 Å². The Morgan fingerprint density at radius 2 is 1.90 bits per heavy atom. The molecule has 4 nitrogen and oxygen atoms in total. The number of hydrogen-bond acceptors (Lipinski definition) is 2. The Morgan fingerprint density at radius 3 is 2.55 bits per heavy atom. The number of aryl methyl sites for hydroxylation is 2. The number of piperidine rings is 1. The molecule has 2 heterocycles. The molecule has 1 aromatic carbocycles. The minimum Gasteiger partial charge on any atom is -0.317 e. The van der Waals surface area contributed by atoms with Crippen molar-refractivity contribution in [2.24, 2.45) is 7.05 Å². The van der Waals surface area contributed by atoms with Gasteiger partial charge in [0.2, 0.25) is 0 Å². The summed E-state index contributed by atoms with van der Waals surface area (Å²) in [6.45, 7) is 4.10. The van der Waals surface area contributed by atoms with Crippen molar-refractivity contribution in [1.29, 1.82) is 0 Å². The summed E-state index contributed by atoms with van der Waals surface area (Å²) in [5, 5.41) is 3.40. The van der Waals surface area contributed by atoms with E-state index in [1.165, 1.54) is 5.56 Å². The smallest absolute Gasteiger partial charge is 0.317 e. The number of rotatable bonds is 2. The Kier molecular flexibility index (Phi) is 3.49. The summed E-state index contributed by atoms with van der Waals surface area (Å²) in [7, 11) is 1.80. The molecule has 1 aromatic heterocycles. The molecule has 4 heteroatoms. The van der Waals surface area contributed by atoms with E-state index in [1.807, 2.05) is 23.8 Å². The Labute approximate surface area is 119 Å². The number of nitrogens with zero attached hydrogens (tertiary/aromatic N) is 2. The van der Waals surface area contributed by atoms with Crippen LogP contribution in [0.25, 0.3) is 5.69 Å². The zero-order valence-electron chi connectivity index (χ0n) is 12.1. The summed E-state index contributed by atoms with van der Waals surface area (Å²) >= 11 is 0. The van der Waals surface area contributed by atoms with Crippen LogP contribution in [0.15, 0.2) is 35.3 Å². The molecule has 1 N–H and O–H groups in total. The lowest BCUT2D eigenvalue weighted by molar-refractivity contribution is 0.459. The normalized spacial score (nSPS) is 16.5. The second-order valence-electron chi connectivity index (χ2n) is 5.58. The molecule has 0 radical (unpaired) electrons. The first-order valence-corrected chi connectivity index (χ1v) is 7.23. The summed E-state index contributed by atoms with van der Waals surface area (Å²) in [4.78, 5) is 12.3. The van der Waals surface area contributed by atoms with Crippen molar-refractivity contribution in [1.82, 2.24) is 14.5 Å². The summed E-state index contributed by atoms with van der Waals surface area (Å²) in [6.07, 6.45) is 4.16. The minimum atomic E-state index is 0.0314. The van der Waals surface area contributed by atoms with E-state index >= 15 is 0 Å². The zero-order chi connectivity index (χ0) is 14.1. The van der Waals surface area contributed by atoms with Gasteiger partial charge in [-0.15, -0.1) is 0 Å². The lowest BCUT2D eigenvalue weighted by atomic mass is 9.89. The van der Waals surface area contributed by atoms with E-state index in [4.69, 9.17) is 0 Å². The average molecular weight is 271 g/mol. The number of para-hydroxylation sites is 1. The van der Waals surface area contributed by atoms with Crippen LogP contribution < -0.4 is 11.0 Å². The van der Waals surface area contributed by atoms with Crippen LogP contribution in [0.5, 0.6) is 0 Å². The summed E-state index contributed by atoms with van der Waals surface area (Å²) in [6, 6.07) is 8.32. The Morgan fingerprint density at radius 1 is 1.20 bits per heavy atom. The molecule has 20 heavy (non-hydrogen) atoms. The van der Waals surface area contributed by atoms with Crippen LogP contribution >= 0.6 is 0 Å². The minimum absolute atomic E-state index is 0.0314. The van der Waals surface area contributed by atoms with Crippen LogP contribution in [0.3, 0.4) is 0 Å². The standard InChI is InChI=1S/C16H21N3O/c1-12-11-18(2)16(20)19(12)15-6-4-3-5-14(15)13-7-9-17-10-8-13/h3-6,11,13,17H,7-10H2,1-2H3. The highest BCUT2D eigenvalue weighted by atomic mass is 16.1. The van der Waals surface area contributed by atoms with Crippen LogP contribution in [0, 0.1) is 6.92 Å². The predicted molar refractivity (Wildman–Crippen MR) is 80.6 cm³/mol. The topological polar surface area (TPSA) is 39.0 Å². The maximum atomic E-state index is 12.3. The first-order valence-electron chi connectivity index (χ1n) is 7.23. The van der Waals surface area contributed by atoms with E-state index < -0.39 is 0 Å². The van der Waals surface area contributed by atoms with Gasteiger partial charge in [0.15, 0.2) is 0 Å². The highest BCUT2D eigenvalue weighted by molar-refractivity contribution is 5.44. The molecule has 1 aliphatic heterocycles. The number of hydrogen-bond donors (Lipinski definition) is 1. The molecular weight excluding hydrogens is 250 g/mol.